The molecule has 0 aliphatic rings. The van der Waals surface area contributed by atoms with E-state index in [1.807, 2.05) is 34.6 Å². The van der Waals surface area contributed by atoms with E-state index in [1.54, 1.807) is 12.1 Å². The quantitative estimate of drug-likeness (QED) is 0.548. The molecule has 2 aromatic carbocycles. The van der Waals surface area contributed by atoms with Crippen LogP contribution in [-0.4, -0.2) is 17.8 Å². The molecule has 1 N–H and O–H groups in total. The Hall–Kier alpha value is -2.10. The highest BCUT2D eigenvalue weighted by atomic mass is 32.2. The predicted octanol–water partition coefficient (Wildman–Crippen LogP) is 5.24. The zero-order valence-electron chi connectivity index (χ0n) is 14.5. The van der Waals surface area contributed by atoms with Gasteiger partial charge >= 0.3 is 6.18 Å². The first-order valence-corrected chi connectivity index (χ1v) is 8.82. The molecule has 0 amide bonds. The number of nitrogens with zero attached hydrogens (tertiary/aromatic N) is 1. The highest BCUT2D eigenvalue weighted by Gasteiger charge is 2.54. The Labute approximate surface area is 156 Å². The number of alkyl halides is 3. The van der Waals surface area contributed by atoms with Gasteiger partial charge in [0, 0.05) is 22.7 Å². The van der Waals surface area contributed by atoms with Crippen LogP contribution in [0.4, 0.5) is 18.9 Å². The van der Waals surface area contributed by atoms with Crippen LogP contribution >= 0.6 is 11.9 Å². The third-order valence-electron chi connectivity index (χ3n) is 3.68. The van der Waals surface area contributed by atoms with Gasteiger partial charge in [-0.2, -0.15) is 13.2 Å². The maximum atomic E-state index is 13.1. The number of rotatable bonds is 6. The van der Waals surface area contributed by atoms with Gasteiger partial charge < -0.3 is 9.41 Å². The van der Waals surface area contributed by atoms with E-state index in [-0.39, 0.29) is 5.56 Å². The van der Waals surface area contributed by atoms with Crippen molar-refractivity contribution in [2.75, 3.05) is 10.8 Å². The first kappa shape index (κ1) is 20.2. The largest absolute Gasteiger partial charge is 0.433 e. The summed E-state index contributed by atoms with van der Waals surface area (Å²) in [7, 11) is 0. The van der Waals surface area contributed by atoms with Crippen LogP contribution in [-0.2, 0) is 5.60 Å². The lowest BCUT2D eigenvalue weighted by Gasteiger charge is -2.28. The van der Waals surface area contributed by atoms with Crippen molar-refractivity contribution in [2.45, 2.75) is 30.5 Å². The standard InChI is InChI=1S/C20H20F3NOS/c1-4-19(25,20(21,22)23)16-10-12-17(13-11-16)24(14-15(2)3)26-18-8-6-5-7-9-18/h1,5-13,15,25H,14H2,2-3H3. The van der Waals surface area contributed by atoms with Gasteiger partial charge in [0.1, 0.15) is 0 Å². The van der Waals surface area contributed by atoms with Crippen LogP contribution in [0, 0.1) is 18.3 Å². The van der Waals surface area contributed by atoms with E-state index in [0.29, 0.717) is 12.5 Å². The number of terminal acetylenes is 1. The summed E-state index contributed by atoms with van der Waals surface area (Å²) in [5, 5.41) is 9.86. The summed E-state index contributed by atoms with van der Waals surface area (Å²) in [6, 6.07) is 15.2. The summed E-state index contributed by atoms with van der Waals surface area (Å²) in [5.41, 5.74) is -2.93. The minimum absolute atomic E-state index is 0.351. The normalized spacial score (nSPS) is 13.9. The van der Waals surface area contributed by atoms with E-state index < -0.39 is 11.8 Å². The van der Waals surface area contributed by atoms with Gasteiger partial charge in [-0.25, -0.2) is 0 Å². The molecule has 2 rings (SSSR count). The number of halogens is 3. The van der Waals surface area contributed by atoms with Gasteiger partial charge in [-0.3, -0.25) is 0 Å². The molecular formula is C20H20F3NOS. The Morgan fingerprint density at radius 1 is 1.08 bits per heavy atom. The van der Waals surface area contributed by atoms with Gasteiger partial charge in [0.15, 0.2) is 0 Å². The first-order chi connectivity index (χ1) is 12.2. The SMILES string of the molecule is C#CC(O)(c1ccc(N(CC(C)C)Sc2ccccc2)cc1)C(F)(F)F. The molecule has 0 bridgehead atoms. The van der Waals surface area contributed by atoms with Gasteiger partial charge in [-0.15, -0.1) is 6.42 Å². The Bertz CT molecular complexity index is 753. The minimum Gasteiger partial charge on any atom is -0.366 e. The fourth-order valence-corrected chi connectivity index (χ4v) is 3.47. The predicted molar refractivity (Wildman–Crippen MR) is 99.7 cm³/mol. The molecule has 0 fully saturated rings. The minimum atomic E-state index is -4.94. The molecule has 2 nitrogen and oxygen atoms in total. The van der Waals surface area contributed by atoms with Crippen molar-refractivity contribution < 1.29 is 18.3 Å². The molecule has 6 heteroatoms. The van der Waals surface area contributed by atoms with E-state index >= 15 is 0 Å². The second kappa shape index (κ2) is 8.07. The average Bonchev–Trinajstić information content (AvgIpc) is 2.60. The fraction of sp³-hybridized carbons (Fsp3) is 0.300. The van der Waals surface area contributed by atoms with E-state index in [9.17, 15) is 18.3 Å². The van der Waals surface area contributed by atoms with Crippen molar-refractivity contribution >= 4 is 17.6 Å². The molecule has 0 aliphatic heterocycles. The lowest BCUT2D eigenvalue weighted by molar-refractivity contribution is -0.240. The molecule has 26 heavy (non-hydrogen) atoms. The Morgan fingerprint density at radius 3 is 2.12 bits per heavy atom. The van der Waals surface area contributed by atoms with Gasteiger partial charge in [-0.05, 0) is 42.1 Å². The van der Waals surface area contributed by atoms with Crippen molar-refractivity contribution in [2.24, 2.45) is 5.92 Å². The highest BCUT2D eigenvalue weighted by molar-refractivity contribution is 8.00. The molecule has 0 radical (unpaired) electrons. The maximum Gasteiger partial charge on any atom is 0.433 e. The van der Waals surface area contributed by atoms with E-state index in [0.717, 1.165) is 10.6 Å². The molecule has 2 aromatic rings. The number of anilines is 1. The Balaban J connectivity index is 2.31. The van der Waals surface area contributed by atoms with Gasteiger partial charge in [0.25, 0.3) is 0 Å². The van der Waals surface area contributed by atoms with Crippen molar-refractivity contribution in [3.05, 3.63) is 60.2 Å². The summed E-state index contributed by atoms with van der Waals surface area (Å²) in [6.07, 6.45) is 0.0118. The third kappa shape index (κ3) is 4.54. The molecule has 1 unspecified atom stereocenters. The Morgan fingerprint density at radius 2 is 1.65 bits per heavy atom. The van der Waals surface area contributed by atoms with Crippen LogP contribution < -0.4 is 4.31 Å². The molecule has 0 saturated heterocycles. The summed E-state index contributed by atoms with van der Waals surface area (Å²) < 4.78 is 41.3. The third-order valence-corrected chi connectivity index (χ3v) is 4.75. The average molecular weight is 379 g/mol. The smallest absolute Gasteiger partial charge is 0.366 e. The molecule has 0 aliphatic carbocycles. The van der Waals surface area contributed by atoms with Crippen molar-refractivity contribution in [1.29, 1.82) is 0 Å². The highest BCUT2D eigenvalue weighted by Crippen LogP contribution is 2.39. The van der Waals surface area contributed by atoms with Gasteiger partial charge in [0.05, 0.1) is 0 Å². The lowest BCUT2D eigenvalue weighted by Crippen LogP contribution is -2.40. The summed E-state index contributed by atoms with van der Waals surface area (Å²) in [6.45, 7) is 4.83. The second-order valence-electron chi connectivity index (χ2n) is 6.26. The van der Waals surface area contributed by atoms with E-state index in [2.05, 4.69) is 13.8 Å². The molecule has 0 aromatic heterocycles. The zero-order valence-corrected chi connectivity index (χ0v) is 15.3. The Kier molecular flexibility index (Phi) is 6.27. The van der Waals surface area contributed by atoms with Crippen molar-refractivity contribution in [1.82, 2.24) is 0 Å². The number of aliphatic hydroxyl groups is 1. The van der Waals surface area contributed by atoms with Gasteiger partial charge in [-0.1, -0.05) is 50.1 Å². The van der Waals surface area contributed by atoms with Gasteiger partial charge in [0.2, 0.25) is 5.60 Å². The van der Waals surface area contributed by atoms with Crippen LogP contribution in [0.15, 0.2) is 59.5 Å². The second-order valence-corrected chi connectivity index (χ2v) is 7.35. The van der Waals surface area contributed by atoms with Crippen LogP contribution in [0.5, 0.6) is 0 Å². The summed E-state index contributed by atoms with van der Waals surface area (Å²) in [5.74, 6) is 1.82. The molecule has 0 spiro atoms. The number of hydrogen-bond donors (Lipinski definition) is 1. The van der Waals surface area contributed by atoms with Crippen LogP contribution in [0.1, 0.15) is 19.4 Å². The maximum absolute atomic E-state index is 13.1. The lowest BCUT2D eigenvalue weighted by atomic mass is 9.94. The molecular weight excluding hydrogens is 359 g/mol. The summed E-state index contributed by atoms with van der Waals surface area (Å²) in [4.78, 5) is 1.02. The first-order valence-electron chi connectivity index (χ1n) is 8.05. The number of hydrogen-bond acceptors (Lipinski definition) is 3. The van der Waals surface area contributed by atoms with Crippen molar-refractivity contribution in [3.8, 4) is 12.3 Å². The van der Waals surface area contributed by atoms with Crippen molar-refractivity contribution in [3.63, 3.8) is 0 Å². The van der Waals surface area contributed by atoms with Crippen LogP contribution in [0.3, 0.4) is 0 Å². The van der Waals surface area contributed by atoms with Crippen LogP contribution in [0.2, 0.25) is 0 Å². The monoisotopic (exact) mass is 379 g/mol. The molecule has 1 atom stereocenters. The van der Waals surface area contributed by atoms with Crippen LogP contribution in [0.25, 0.3) is 0 Å². The molecule has 138 valence electrons. The summed E-state index contributed by atoms with van der Waals surface area (Å²) >= 11 is 1.50. The van der Waals surface area contributed by atoms with E-state index in [4.69, 9.17) is 6.42 Å². The molecule has 0 saturated carbocycles. The zero-order chi connectivity index (χ0) is 19.4. The topological polar surface area (TPSA) is 23.5 Å². The molecule has 0 heterocycles. The number of benzene rings is 2. The van der Waals surface area contributed by atoms with E-state index in [1.165, 1.54) is 30.0 Å². The fourth-order valence-electron chi connectivity index (χ4n) is 2.33.